The molecule has 21 heavy (non-hydrogen) atoms. The number of rotatable bonds is 3. The topological polar surface area (TPSA) is 56.1 Å². The van der Waals surface area contributed by atoms with Crippen molar-refractivity contribution in [2.75, 3.05) is 19.7 Å². The normalized spacial score (nSPS) is 22.6. The Kier molecular flexibility index (Phi) is 3.48. The molecule has 1 saturated heterocycles. The summed E-state index contributed by atoms with van der Waals surface area (Å²) in [6, 6.07) is 0. The summed E-state index contributed by atoms with van der Waals surface area (Å²) in [5, 5.41) is 9.36. The smallest absolute Gasteiger partial charge is 0.163 e. The van der Waals surface area contributed by atoms with Crippen LogP contribution < -0.4 is 0 Å². The lowest BCUT2D eigenvalue weighted by Gasteiger charge is -2.31. The van der Waals surface area contributed by atoms with Crippen LogP contribution in [0, 0.1) is 0 Å². The summed E-state index contributed by atoms with van der Waals surface area (Å²) in [5.41, 5.74) is 1.34. The van der Waals surface area contributed by atoms with Gasteiger partial charge in [-0.15, -0.1) is 21.5 Å². The van der Waals surface area contributed by atoms with E-state index in [0.29, 0.717) is 0 Å². The summed E-state index contributed by atoms with van der Waals surface area (Å²) >= 11 is 1.89. The molecule has 2 aromatic heterocycles. The molecular formula is C14H19N5OS. The number of aromatic nitrogens is 4. The van der Waals surface area contributed by atoms with Gasteiger partial charge in [0, 0.05) is 25.0 Å². The number of morpholine rings is 1. The SMILES string of the molecule is Cn1cnnc1[C@H]1CN(Cc2nc3c(s2)CCC3)CCO1. The Balaban J connectivity index is 1.44. The second-order valence-electron chi connectivity index (χ2n) is 5.73. The van der Waals surface area contributed by atoms with Crippen LogP contribution in [0.3, 0.4) is 0 Å². The van der Waals surface area contributed by atoms with Gasteiger partial charge in [-0.1, -0.05) is 0 Å². The van der Waals surface area contributed by atoms with Crippen molar-refractivity contribution in [2.45, 2.75) is 31.9 Å². The van der Waals surface area contributed by atoms with Gasteiger partial charge in [0.15, 0.2) is 5.82 Å². The monoisotopic (exact) mass is 305 g/mol. The van der Waals surface area contributed by atoms with E-state index in [4.69, 9.17) is 9.72 Å². The molecule has 0 saturated carbocycles. The minimum absolute atomic E-state index is 0.0121. The quantitative estimate of drug-likeness (QED) is 0.856. The van der Waals surface area contributed by atoms with Crippen LogP contribution in [0.15, 0.2) is 6.33 Å². The predicted molar refractivity (Wildman–Crippen MR) is 79.1 cm³/mol. The van der Waals surface area contributed by atoms with Gasteiger partial charge in [0.2, 0.25) is 0 Å². The van der Waals surface area contributed by atoms with Gasteiger partial charge in [0.25, 0.3) is 0 Å². The maximum Gasteiger partial charge on any atom is 0.163 e. The van der Waals surface area contributed by atoms with Crippen molar-refractivity contribution in [2.24, 2.45) is 7.05 Å². The Morgan fingerprint density at radius 1 is 1.43 bits per heavy atom. The summed E-state index contributed by atoms with van der Waals surface area (Å²) < 4.78 is 7.79. The van der Waals surface area contributed by atoms with Crippen LogP contribution in [0.2, 0.25) is 0 Å². The van der Waals surface area contributed by atoms with E-state index in [1.54, 1.807) is 6.33 Å². The largest absolute Gasteiger partial charge is 0.368 e. The molecule has 2 aliphatic rings. The van der Waals surface area contributed by atoms with Gasteiger partial charge in [-0.2, -0.15) is 0 Å². The second-order valence-corrected chi connectivity index (χ2v) is 6.89. The molecule has 1 aliphatic heterocycles. The molecule has 1 fully saturated rings. The van der Waals surface area contributed by atoms with Crippen LogP contribution in [0.1, 0.15) is 33.9 Å². The van der Waals surface area contributed by atoms with E-state index >= 15 is 0 Å². The molecule has 0 radical (unpaired) electrons. The lowest BCUT2D eigenvalue weighted by molar-refractivity contribution is -0.0385. The van der Waals surface area contributed by atoms with E-state index in [0.717, 1.165) is 38.5 Å². The molecule has 2 aromatic rings. The van der Waals surface area contributed by atoms with Crippen LogP contribution >= 0.6 is 11.3 Å². The molecule has 112 valence electrons. The third-order valence-corrected chi connectivity index (χ3v) is 5.33. The minimum atomic E-state index is 0.0121. The second kappa shape index (κ2) is 5.47. The molecular weight excluding hydrogens is 286 g/mol. The van der Waals surface area contributed by atoms with E-state index in [1.807, 2.05) is 23.0 Å². The van der Waals surface area contributed by atoms with Crippen molar-refractivity contribution >= 4 is 11.3 Å². The Morgan fingerprint density at radius 2 is 2.38 bits per heavy atom. The zero-order chi connectivity index (χ0) is 14.2. The van der Waals surface area contributed by atoms with Crippen LogP contribution in [-0.4, -0.2) is 44.3 Å². The first-order valence-electron chi connectivity index (χ1n) is 7.45. The fourth-order valence-corrected chi connectivity index (χ4v) is 4.29. The van der Waals surface area contributed by atoms with Gasteiger partial charge in [-0.3, -0.25) is 4.90 Å². The zero-order valence-corrected chi connectivity index (χ0v) is 13.0. The standard InChI is InChI=1S/C14H19N5OS/c1-18-9-15-17-14(18)11-7-19(5-6-20-11)8-13-16-10-3-2-4-12(10)21-13/h9,11H,2-8H2,1H3/t11-/m1/s1. The Labute approximate surface area is 127 Å². The highest BCUT2D eigenvalue weighted by Gasteiger charge is 2.26. The molecule has 7 heteroatoms. The first-order valence-corrected chi connectivity index (χ1v) is 8.26. The third-order valence-electron chi connectivity index (χ3n) is 4.18. The van der Waals surface area contributed by atoms with E-state index in [1.165, 1.54) is 28.4 Å². The Hall–Kier alpha value is -1.31. The van der Waals surface area contributed by atoms with Crippen molar-refractivity contribution in [3.63, 3.8) is 0 Å². The maximum atomic E-state index is 5.85. The maximum absolute atomic E-state index is 5.85. The highest BCUT2D eigenvalue weighted by molar-refractivity contribution is 7.11. The average molecular weight is 305 g/mol. The highest BCUT2D eigenvalue weighted by Crippen LogP contribution is 2.29. The van der Waals surface area contributed by atoms with Crippen LogP contribution in [0.25, 0.3) is 0 Å². The molecule has 0 N–H and O–H groups in total. The minimum Gasteiger partial charge on any atom is -0.368 e. The Morgan fingerprint density at radius 3 is 3.19 bits per heavy atom. The van der Waals surface area contributed by atoms with Gasteiger partial charge in [-0.05, 0) is 19.3 Å². The summed E-state index contributed by atoms with van der Waals surface area (Å²) in [6.45, 7) is 3.48. The zero-order valence-electron chi connectivity index (χ0n) is 12.2. The first-order chi connectivity index (χ1) is 10.3. The van der Waals surface area contributed by atoms with Crippen molar-refractivity contribution < 1.29 is 4.74 Å². The van der Waals surface area contributed by atoms with Crippen molar-refractivity contribution in [1.29, 1.82) is 0 Å². The molecule has 0 spiro atoms. The number of thiazole rings is 1. The lowest BCUT2D eigenvalue weighted by atomic mass is 10.2. The number of aryl methyl sites for hydroxylation is 3. The van der Waals surface area contributed by atoms with Gasteiger partial charge in [0.1, 0.15) is 17.4 Å². The predicted octanol–water partition coefficient (Wildman–Crippen LogP) is 1.33. The van der Waals surface area contributed by atoms with Gasteiger partial charge in [-0.25, -0.2) is 4.98 Å². The van der Waals surface area contributed by atoms with Gasteiger partial charge < -0.3 is 9.30 Å². The number of fused-ring (bicyclic) bond motifs is 1. The van der Waals surface area contributed by atoms with Crippen LogP contribution in [0.4, 0.5) is 0 Å². The van der Waals surface area contributed by atoms with Crippen molar-refractivity contribution in [1.82, 2.24) is 24.6 Å². The fraction of sp³-hybridized carbons (Fsp3) is 0.643. The molecule has 1 atom stereocenters. The highest BCUT2D eigenvalue weighted by atomic mass is 32.1. The summed E-state index contributed by atoms with van der Waals surface area (Å²) in [6.07, 6.45) is 5.40. The molecule has 4 rings (SSSR count). The number of hydrogen-bond acceptors (Lipinski definition) is 6. The van der Waals surface area contributed by atoms with Crippen molar-refractivity contribution in [3.05, 3.63) is 27.7 Å². The average Bonchev–Trinajstić information content (AvgIpc) is 3.15. The number of hydrogen-bond donors (Lipinski definition) is 0. The van der Waals surface area contributed by atoms with Crippen molar-refractivity contribution in [3.8, 4) is 0 Å². The molecule has 1 aliphatic carbocycles. The molecule has 0 amide bonds. The summed E-state index contributed by atoms with van der Waals surface area (Å²) in [7, 11) is 1.96. The van der Waals surface area contributed by atoms with E-state index < -0.39 is 0 Å². The number of nitrogens with zero attached hydrogens (tertiary/aromatic N) is 5. The third kappa shape index (κ3) is 2.61. The van der Waals surface area contributed by atoms with E-state index in [-0.39, 0.29) is 6.10 Å². The molecule has 0 bridgehead atoms. The fourth-order valence-electron chi connectivity index (χ4n) is 3.09. The molecule has 3 heterocycles. The Bertz CT molecular complexity index is 616. The van der Waals surface area contributed by atoms with Crippen LogP contribution in [-0.2, 0) is 31.2 Å². The molecule has 0 unspecified atom stereocenters. The molecule has 0 aromatic carbocycles. The van der Waals surface area contributed by atoms with Crippen LogP contribution in [0.5, 0.6) is 0 Å². The lowest BCUT2D eigenvalue weighted by Crippen LogP contribution is -2.38. The van der Waals surface area contributed by atoms with Gasteiger partial charge in [0.05, 0.1) is 18.8 Å². The van der Waals surface area contributed by atoms with E-state index in [9.17, 15) is 0 Å². The summed E-state index contributed by atoms with van der Waals surface area (Å²) in [5.74, 6) is 0.904. The molecule has 6 nitrogen and oxygen atoms in total. The van der Waals surface area contributed by atoms with Gasteiger partial charge >= 0.3 is 0 Å². The summed E-state index contributed by atoms with van der Waals surface area (Å²) in [4.78, 5) is 8.71. The first kappa shape index (κ1) is 13.4. The number of ether oxygens (including phenoxy) is 1. The van der Waals surface area contributed by atoms with E-state index in [2.05, 4.69) is 15.1 Å².